The number of allylic oxidation sites excluding steroid dienone is 4. The van der Waals surface area contributed by atoms with Gasteiger partial charge < -0.3 is 14.0 Å². The van der Waals surface area contributed by atoms with Crippen LogP contribution in [0.15, 0.2) is 47.4 Å². The van der Waals surface area contributed by atoms with Gasteiger partial charge in [-0.05, 0) is 95.2 Å². The summed E-state index contributed by atoms with van der Waals surface area (Å²) in [4.78, 5) is 25.0. The fourth-order valence-electron chi connectivity index (χ4n) is 4.80. The van der Waals surface area contributed by atoms with E-state index in [4.69, 9.17) is 9.47 Å². The van der Waals surface area contributed by atoms with Crippen molar-refractivity contribution in [3.05, 3.63) is 53.6 Å². The number of unbranched alkanes of at least 4 members (excludes halogenated alkanes) is 16. The number of carbonyl (C=O) groups is 2. The molecule has 1 aromatic carbocycles. The third-order valence-electron chi connectivity index (χ3n) is 7.50. The van der Waals surface area contributed by atoms with Gasteiger partial charge >= 0.3 is 41.5 Å². The Hall–Kier alpha value is -1.45. The second kappa shape index (κ2) is 28.7. The fourth-order valence-corrected chi connectivity index (χ4v) is 5.29. The van der Waals surface area contributed by atoms with Crippen LogP contribution in [0.4, 0.5) is 0 Å². The Kier molecular flexibility index (Phi) is 27.8. The van der Waals surface area contributed by atoms with Crippen LogP contribution in [0, 0.1) is 0 Å². The molecule has 0 aliphatic heterocycles. The Morgan fingerprint density at radius 3 is 1.38 bits per heavy atom. The zero-order chi connectivity index (χ0) is 32.3. The summed E-state index contributed by atoms with van der Waals surface area (Å²) >= 11 is 0. The third kappa shape index (κ3) is 22.7. The monoisotopic (exact) mass is 656 g/mol. The van der Waals surface area contributed by atoms with Crippen LogP contribution in [0.1, 0.15) is 163 Å². The van der Waals surface area contributed by atoms with Crippen molar-refractivity contribution in [3.8, 4) is 0 Å². The van der Waals surface area contributed by atoms with Crippen LogP contribution in [-0.2, 0) is 19.6 Å². The minimum Gasteiger partial charge on any atom is -0.744 e. The molecule has 0 aliphatic carbocycles. The summed E-state index contributed by atoms with van der Waals surface area (Å²) in [6, 6.07) is 3.07. The SMILES string of the molecule is CCCCCCC/C=C/CCCCCOC(=O)c1ccc(S(=O)(=O)[O-])cc1C(=O)OCCCCC/C=C/CCCCCCC.[Na+]. The molecule has 0 atom stereocenters. The van der Waals surface area contributed by atoms with Gasteiger partial charge in [0, 0.05) is 0 Å². The second-order valence-corrected chi connectivity index (χ2v) is 12.9. The fraction of sp³-hybridized carbons (Fsp3) is 0.667. The molecule has 0 N–H and O–H groups in total. The molecule has 7 nitrogen and oxygen atoms in total. The van der Waals surface area contributed by atoms with E-state index < -0.39 is 27.0 Å². The van der Waals surface area contributed by atoms with Gasteiger partial charge in [0.2, 0.25) is 0 Å². The zero-order valence-corrected chi connectivity index (χ0v) is 31.2. The van der Waals surface area contributed by atoms with Crippen LogP contribution in [0.3, 0.4) is 0 Å². The molecule has 0 amide bonds. The van der Waals surface area contributed by atoms with E-state index in [2.05, 4.69) is 38.2 Å². The summed E-state index contributed by atoms with van der Waals surface area (Å²) in [7, 11) is -4.81. The molecule has 0 radical (unpaired) electrons. The van der Waals surface area contributed by atoms with Crippen molar-refractivity contribution < 1.29 is 61.6 Å². The molecule has 0 saturated carbocycles. The molecule has 1 rings (SSSR count). The van der Waals surface area contributed by atoms with Crippen LogP contribution < -0.4 is 29.6 Å². The van der Waals surface area contributed by atoms with Gasteiger partial charge in [-0.3, -0.25) is 0 Å². The number of ether oxygens (including phenoxy) is 2. The first-order valence-electron chi connectivity index (χ1n) is 17.0. The van der Waals surface area contributed by atoms with Crippen molar-refractivity contribution in [1.82, 2.24) is 0 Å². The largest absolute Gasteiger partial charge is 1.00 e. The summed E-state index contributed by atoms with van der Waals surface area (Å²) in [6.45, 7) is 4.75. The van der Waals surface area contributed by atoms with E-state index in [1.54, 1.807) is 0 Å². The molecule has 0 heterocycles. The molecule has 0 spiro atoms. The summed E-state index contributed by atoms with van der Waals surface area (Å²) in [5.41, 5.74) is -0.377. The molecule has 0 aromatic heterocycles. The minimum absolute atomic E-state index is 0. The Balaban J connectivity index is 0.0000194. The van der Waals surface area contributed by atoms with Crippen molar-refractivity contribution in [2.24, 2.45) is 0 Å². The average Bonchev–Trinajstić information content (AvgIpc) is 3.00. The van der Waals surface area contributed by atoms with E-state index in [0.29, 0.717) is 12.8 Å². The summed E-state index contributed by atoms with van der Waals surface area (Å²) < 4.78 is 45.3. The zero-order valence-electron chi connectivity index (χ0n) is 28.4. The van der Waals surface area contributed by atoms with Gasteiger partial charge in [-0.1, -0.05) is 89.5 Å². The average molecular weight is 657 g/mol. The van der Waals surface area contributed by atoms with Gasteiger partial charge in [0.1, 0.15) is 10.1 Å². The van der Waals surface area contributed by atoms with Gasteiger partial charge in [0.25, 0.3) is 0 Å². The van der Waals surface area contributed by atoms with Crippen LogP contribution in [0.5, 0.6) is 0 Å². The van der Waals surface area contributed by atoms with E-state index in [9.17, 15) is 22.6 Å². The molecule has 9 heteroatoms. The van der Waals surface area contributed by atoms with E-state index >= 15 is 0 Å². The van der Waals surface area contributed by atoms with Gasteiger partial charge in [-0.2, -0.15) is 0 Å². The third-order valence-corrected chi connectivity index (χ3v) is 8.33. The van der Waals surface area contributed by atoms with E-state index in [0.717, 1.165) is 69.6 Å². The molecule has 0 fully saturated rings. The predicted octanol–water partition coefficient (Wildman–Crippen LogP) is 6.86. The molecule has 0 unspecified atom stereocenters. The summed E-state index contributed by atoms with van der Waals surface area (Å²) in [6.07, 6.45) is 30.9. The van der Waals surface area contributed by atoms with Gasteiger partial charge in [-0.15, -0.1) is 0 Å². The van der Waals surface area contributed by atoms with Gasteiger partial charge in [0.05, 0.1) is 29.2 Å². The molecular weight excluding hydrogens is 599 g/mol. The molecule has 45 heavy (non-hydrogen) atoms. The molecule has 0 aliphatic rings. The first kappa shape index (κ1) is 43.5. The first-order chi connectivity index (χ1) is 21.3. The van der Waals surface area contributed by atoms with Gasteiger partial charge in [0.15, 0.2) is 0 Å². The maximum atomic E-state index is 12.8. The number of hydrogen-bond donors (Lipinski definition) is 0. The van der Waals surface area contributed by atoms with Crippen molar-refractivity contribution in [1.29, 1.82) is 0 Å². The standard InChI is InChI=1S/C36H58O7S.Na/c1-3-5-7-9-11-13-15-17-19-21-23-25-29-42-35(37)33-28-27-32(44(39,40)41)31-34(33)36(38)43-30-26-24-22-20-18-16-14-12-10-8-6-4-2;/h15-18,27-28,31H,3-14,19-26,29-30H2,1-2H3,(H,39,40,41);/q;+1/p-1/b17-15+,18-16+;. The summed E-state index contributed by atoms with van der Waals surface area (Å²) in [5.74, 6) is -1.59. The molecule has 0 saturated heterocycles. The molecule has 250 valence electrons. The Morgan fingerprint density at radius 2 is 0.978 bits per heavy atom. The Bertz CT molecular complexity index is 1080. The molecular formula is C36H57NaO7S. The first-order valence-corrected chi connectivity index (χ1v) is 18.5. The van der Waals surface area contributed by atoms with Crippen LogP contribution in [-0.4, -0.2) is 38.1 Å². The topological polar surface area (TPSA) is 110 Å². The number of hydrogen-bond acceptors (Lipinski definition) is 7. The van der Waals surface area contributed by atoms with Crippen molar-refractivity contribution in [2.45, 2.75) is 147 Å². The number of benzene rings is 1. The van der Waals surface area contributed by atoms with Crippen molar-refractivity contribution >= 4 is 22.1 Å². The Morgan fingerprint density at radius 1 is 0.600 bits per heavy atom. The minimum atomic E-state index is -4.81. The van der Waals surface area contributed by atoms with Crippen molar-refractivity contribution in [3.63, 3.8) is 0 Å². The number of carbonyl (C=O) groups excluding carboxylic acids is 2. The van der Waals surface area contributed by atoms with E-state index in [1.165, 1.54) is 64.2 Å². The van der Waals surface area contributed by atoms with E-state index in [1.807, 2.05) is 0 Å². The normalized spacial score (nSPS) is 11.6. The van der Waals surface area contributed by atoms with Gasteiger partial charge in [-0.25, -0.2) is 18.0 Å². The second-order valence-electron chi connectivity index (χ2n) is 11.5. The van der Waals surface area contributed by atoms with Crippen molar-refractivity contribution in [2.75, 3.05) is 13.2 Å². The number of rotatable bonds is 27. The smallest absolute Gasteiger partial charge is 0.744 e. The van der Waals surface area contributed by atoms with Crippen LogP contribution in [0.2, 0.25) is 0 Å². The van der Waals surface area contributed by atoms with E-state index in [-0.39, 0.29) is 53.9 Å². The van der Waals surface area contributed by atoms with Crippen LogP contribution in [0.25, 0.3) is 0 Å². The summed E-state index contributed by atoms with van der Waals surface area (Å²) in [5, 5.41) is 0. The quantitative estimate of drug-likeness (QED) is 0.0335. The van der Waals surface area contributed by atoms with Crippen LogP contribution >= 0.6 is 0 Å². The maximum Gasteiger partial charge on any atom is 1.00 e. The maximum absolute atomic E-state index is 12.8. The number of esters is 2. The molecule has 1 aromatic rings. The molecule has 0 bridgehead atoms. The predicted molar refractivity (Wildman–Crippen MR) is 177 cm³/mol. The Labute approximate surface area is 296 Å².